The van der Waals surface area contributed by atoms with Crippen LogP contribution < -0.4 is 11.1 Å². The Balaban J connectivity index is 1.48. The number of carbonyl (C=O) groups is 3. The SMILES string of the molecule is CCCC(C(N)=O)C(CC1CC1)C(=O)N[C@H]1CCCCN(Cc2cccc(-c3ccc(Cl)cc3Cl)c2)C1=O. The first-order valence-electron chi connectivity index (χ1n) is 13.7. The summed E-state index contributed by atoms with van der Waals surface area (Å²) < 4.78 is 0. The van der Waals surface area contributed by atoms with Gasteiger partial charge in [-0.1, -0.05) is 73.7 Å². The molecule has 2 fully saturated rings. The summed E-state index contributed by atoms with van der Waals surface area (Å²) in [5.41, 5.74) is 8.53. The molecule has 0 radical (unpaired) electrons. The molecule has 2 aromatic carbocycles. The van der Waals surface area contributed by atoms with E-state index in [4.69, 9.17) is 28.9 Å². The van der Waals surface area contributed by atoms with E-state index in [2.05, 4.69) is 5.32 Å². The fourth-order valence-corrected chi connectivity index (χ4v) is 5.99. The molecule has 38 heavy (non-hydrogen) atoms. The van der Waals surface area contributed by atoms with E-state index < -0.39 is 23.8 Å². The maximum absolute atomic E-state index is 13.6. The van der Waals surface area contributed by atoms with Gasteiger partial charge in [0.25, 0.3) is 0 Å². The van der Waals surface area contributed by atoms with Crippen molar-refractivity contribution in [1.82, 2.24) is 10.2 Å². The van der Waals surface area contributed by atoms with Crippen molar-refractivity contribution in [2.75, 3.05) is 6.54 Å². The number of hydrogen-bond acceptors (Lipinski definition) is 3. The zero-order valence-electron chi connectivity index (χ0n) is 21.9. The summed E-state index contributed by atoms with van der Waals surface area (Å²) in [5.74, 6) is -1.24. The van der Waals surface area contributed by atoms with Crippen LogP contribution in [0.2, 0.25) is 10.0 Å². The van der Waals surface area contributed by atoms with Gasteiger partial charge in [0.2, 0.25) is 17.7 Å². The van der Waals surface area contributed by atoms with Crippen LogP contribution in [0.5, 0.6) is 0 Å². The molecule has 2 aromatic rings. The molecule has 1 saturated carbocycles. The minimum absolute atomic E-state index is 0.0814. The number of hydrogen-bond donors (Lipinski definition) is 2. The van der Waals surface area contributed by atoms with Gasteiger partial charge in [0.15, 0.2) is 0 Å². The molecular weight excluding hydrogens is 521 g/mol. The van der Waals surface area contributed by atoms with Crippen molar-refractivity contribution in [3.8, 4) is 11.1 Å². The molecule has 1 aliphatic carbocycles. The summed E-state index contributed by atoms with van der Waals surface area (Å²) in [6.45, 7) is 3.06. The number of benzene rings is 2. The van der Waals surface area contributed by atoms with Crippen LogP contribution in [-0.2, 0) is 20.9 Å². The molecule has 0 spiro atoms. The number of amides is 3. The minimum atomic E-state index is -0.601. The van der Waals surface area contributed by atoms with Crippen LogP contribution in [0.25, 0.3) is 11.1 Å². The second-order valence-electron chi connectivity index (χ2n) is 10.7. The van der Waals surface area contributed by atoms with Crippen molar-refractivity contribution in [3.05, 3.63) is 58.1 Å². The average Bonchev–Trinajstić information content (AvgIpc) is 3.72. The molecule has 2 unspecified atom stereocenters. The van der Waals surface area contributed by atoms with Gasteiger partial charge in [0.05, 0.1) is 0 Å². The zero-order chi connectivity index (χ0) is 27.2. The lowest BCUT2D eigenvalue weighted by Gasteiger charge is -2.28. The van der Waals surface area contributed by atoms with Crippen molar-refractivity contribution in [3.63, 3.8) is 0 Å². The first-order chi connectivity index (χ1) is 18.3. The zero-order valence-corrected chi connectivity index (χ0v) is 23.4. The van der Waals surface area contributed by atoms with Gasteiger partial charge in [0, 0.05) is 40.5 Å². The molecule has 204 valence electrons. The van der Waals surface area contributed by atoms with E-state index in [0.29, 0.717) is 48.3 Å². The van der Waals surface area contributed by atoms with E-state index in [1.165, 1.54) is 0 Å². The smallest absolute Gasteiger partial charge is 0.245 e. The first-order valence-corrected chi connectivity index (χ1v) is 14.4. The number of carbonyl (C=O) groups excluding carboxylic acids is 3. The highest BCUT2D eigenvalue weighted by atomic mass is 35.5. The van der Waals surface area contributed by atoms with E-state index in [1.807, 2.05) is 42.2 Å². The van der Waals surface area contributed by atoms with Gasteiger partial charge in [-0.2, -0.15) is 0 Å². The van der Waals surface area contributed by atoms with Gasteiger partial charge in [-0.05, 0) is 67.3 Å². The number of nitrogens with two attached hydrogens (primary N) is 1. The largest absolute Gasteiger partial charge is 0.369 e. The summed E-state index contributed by atoms with van der Waals surface area (Å²) in [7, 11) is 0. The average molecular weight is 559 g/mol. The van der Waals surface area contributed by atoms with Crippen LogP contribution >= 0.6 is 23.2 Å². The second kappa shape index (κ2) is 13.0. The van der Waals surface area contributed by atoms with Crippen molar-refractivity contribution in [1.29, 1.82) is 0 Å². The Kier molecular flexibility index (Phi) is 9.72. The van der Waals surface area contributed by atoms with Crippen LogP contribution in [0.3, 0.4) is 0 Å². The van der Waals surface area contributed by atoms with Crippen LogP contribution in [0.15, 0.2) is 42.5 Å². The predicted octanol–water partition coefficient (Wildman–Crippen LogP) is 5.98. The molecule has 1 aliphatic heterocycles. The van der Waals surface area contributed by atoms with Gasteiger partial charge in [-0.25, -0.2) is 0 Å². The lowest BCUT2D eigenvalue weighted by atomic mass is 9.83. The molecule has 3 atom stereocenters. The molecule has 1 saturated heterocycles. The summed E-state index contributed by atoms with van der Waals surface area (Å²) >= 11 is 12.5. The van der Waals surface area contributed by atoms with Gasteiger partial charge in [-0.3, -0.25) is 14.4 Å². The topological polar surface area (TPSA) is 92.5 Å². The molecule has 4 rings (SSSR count). The van der Waals surface area contributed by atoms with Crippen LogP contribution in [0.1, 0.15) is 63.9 Å². The Morgan fingerprint density at radius 2 is 1.87 bits per heavy atom. The third-order valence-corrected chi connectivity index (χ3v) is 8.26. The molecule has 3 N–H and O–H groups in total. The van der Waals surface area contributed by atoms with Crippen molar-refractivity contribution in [2.24, 2.45) is 23.5 Å². The minimum Gasteiger partial charge on any atom is -0.369 e. The van der Waals surface area contributed by atoms with Crippen LogP contribution in [-0.4, -0.2) is 35.2 Å². The Morgan fingerprint density at radius 1 is 1.08 bits per heavy atom. The third-order valence-electron chi connectivity index (χ3n) is 7.71. The summed E-state index contributed by atoms with van der Waals surface area (Å²) in [6, 6.07) is 12.8. The molecule has 0 aromatic heterocycles. The normalized spacial score (nSPS) is 19.5. The molecule has 1 heterocycles. The van der Waals surface area contributed by atoms with Gasteiger partial charge in [0.1, 0.15) is 6.04 Å². The number of likely N-dealkylation sites (tertiary alicyclic amines) is 1. The number of nitrogens with one attached hydrogen (secondary N) is 1. The molecule has 3 amide bonds. The molecule has 2 aliphatic rings. The maximum Gasteiger partial charge on any atom is 0.245 e. The second-order valence-corrected chi connectivity index (χ2v) is 11.6. The first kappa shape index (κ1) is 28.4. The summed E-state index contributed by atoms with van der Waals surface area (Å²) in [4.78, 5) is 41.1. The lowest BCUT2D eigenvalue weighted by Crippen LogP contribution is -2.50. The Bertz CT molecular complexity index is 1170. The fourth-order valence-electron chi connectivity index (χ4n) is 5.48. The monoisotopic (exact) mass is 557 g/mol. The highest BCUT2D eigenvalue weighted by Gasteiger charge is 2.38. The quantitative estimate of drug-likeness (QED) is 0.356. The highest BCUT2D eigenvalue weighted by Crippen LogP contribution is 2.38. The van der Waals surface area contributed by atoms with E-state index in [0.717, 1.165) is 48.8 Å². The predicted molar refractivity (Wildman–Crippen MR) is 152 cm³/mol. The third kappa shape index (κ3) is 7.29. The maximum atomic E-state index is 13.6. The van der Waals surface area contributed by atoms with Crippen molar-refractivity contribution in [2.45, 2.75) is 70.9 Å². The number of halogens is 2. The van der Waals surface area contributed by atoms with Gasteiger partial charge in [-0.15, -0.1) is 0 Å². The lowest BCUT2D eigenvalue weighted by molar-refractivity contribution is -0.139. The van der Waals surface area contributed by atoms with Gasteiger partial charge >= 0.3 is 0 Å². The highest BCUT2D eigenvalue weighted by molar-refractivity contribution is 6.36. The summed E-state index contributed by atoms with van der Waals surface area (Å²) in [5, 5.41) is 4.18. The number of primary amides is 1. The van der Waals surface area contributed by atoms with E-state index in [-0.39, 0.29) is 11.8 Å². The Morgan fingerprint density at radius 3 is 2.55 bits per heavy atom. The number of nitrogens with zero attached hydrogens (tertiary/aromatic N) is 1. The standard InChI is InChI=1S/C30H37Cl2N3O3/c1-2-6-24(28(33)36)25(16-19-10-11-19)29(37)34-27-9-3-4-14-35(30(27)38)18-20-7-5-8-21(15-20)23-13-12-22(31)17-26(23)32/h5,7-8,12-13,15,17,19,24-25,27H,2-4,6,9-11,14,16,18H2,1H3,(H2,33,36)(H,34,37)/t24?,25?,27-/m0/s1. The molecular formula is C30H37Cl2N3O3. The summed E-state index contributed by atoms with van der Waals surface area (Å²) in [6.07, 6.45) is 6.48. The number of rotatable bonds is 11. The van der Waals surface area contributed by atoms with Crippen molar-refractivity contribution >= 4 is 40.9 Å². The van der Waals surface area contributed by atoms with E-state index in [1.54, 1.807) is 12.1 Å². The van der Waals surface area contributed by atoms with Crippen molar-refractivity contribution < 1.29 is 14.4 Å². The van der Waals surface area contributed by atoms with Gasteiger partial charge < -0.3 is 16.0 Å². The van der Waals surface area contributed by atoms with Crippen LogP contribution in [0.4, 0.5) is 0 Å². The molecule has 6 nitrogen and oxygen atoms in total. The van der Waals surface area contributed by atoms with E-state index >= 15 is 0 Å². The van der Waals surface area contributed by atoms with Crippen LogP contribution in [0, 0.1) is 17.8 Å². The fraction of sp³-hybridized carbons (Fsp3) is 0.500. The Hall–Kier alpha value is -2.57. The molecule has 0 bridgehead atoms. The van der Waals surface area contributed by atoms with E-state index in [9.17, 15) is 14.4 Å². The Labute approximate surface area is 235 Å². The molecule has 8 heteroatoms.